The van der Waals surface area contributed by atoms with Gasteiger partial charge in [-0.3, -0.25) is 14.6 Å². The molecule has 0 bridgehead atoms. The standard InChI is InChI=1S/C21H25N7O4/c1-12-14(8-22-28(12)19-23-17(29)15-6-5-7-27(15)24-19)18(30)25-9-13-10-26(16(13)11-25)20(31)32-21(2,3)4/h5-8,13,16H,9-11H2,1-4H3,(H,23,24,29)/t13-,16-/m1/s1. The molecule has 0 spiro atoms. The molecule has 2 amide bonds. The number of nitrogens with one attached hydrogen (secondary N) is 1. The number of ether oxygens (including phenoxy) is 1. The number of likely N-dealkylation sites (tertiary alicyclic amines) is 2. The van der Waals surface area contributed by atoms with E-state index in [1.807, 2.05) is 20.8 Å². The van der Waals surface area contributed by atoms with Gasteiger partial charge in [-0.15, -0.1) is 5.10 Å². The van der Waals surface area contributed by atoms with Crippen molar-refractivity contribution in [1.82, 2.24) is 34.2 Å². The van der Waals surface area contributed by atoms with Gasteiger partial charge in [0.1, 0.15) is 11.1 Å². The van der Waals surface area contributed by atoms with Crippen LogP contribution in [0.25, 0.3) is 11.5 Å². The summed E-state index contributed by atoms with van der Waals surface area (Å²) in [5.41, 5.74) is 0.594. The van der Waals surface area contributed by atoms with Crippen LogP contribution in [0.1, 0.15) is 36.8 Å². The van der Waals surface area contributed by atoms with Crippen molar-refractivity contribution in [2.24, 2.45) is 5.92 Å². The van der Waals surface area contributed by atoms with Crippen LogP contribution < -0.4 is 5.56 Å². The first-order valence-corrected chi connectivity index (χ1v) is 10.5. The van der Waals surface area contributed by atoms with Crippen LogP contribution in [0.4, 0.5) is 4.79 Å². The molecule has 0 radical (unpaired) electrons. The molecule has 168 valence electrons. The predicted molar refractivity (Wildman–Crippen MR) is 114 cm³/mol. The largest absolute Gasteiger partial charge is 0.444 e. The number of amides is 2. The number of nitrogens with zero attached hydrogens (tertiary/aromatic N) is 6. The number of aromatic amines is 1. The van der Waals surface area contributed by atoms with Gasteiger partial charge in [0.2, 0.25) is 5.95 Å². The molecule has 0 saturated carbocycles. The summed E-state index contributed by atoms with van der Waals surface area (Å²) in [5.74, 6) is 0.320. The quantitative estimate of drug-likeness (QED) is 0.641. The van der Waals surface area contributed by atoms with Crippen molar-refractivity contribution in [3.63, 3.8) is 0 Å². The maximum absolute atomic E-state index is 13.2. The van der Waals surface area contributed by atoms with Crippen LogP contribution >= 0.6 is 0 Å². The highest BCUT2D eigenvalue weighted by molar-refractivity contribution is 5.95. The fourth-order valence-electron chi connectivity index (χ4n) is 4.36. The molecule has 11 nitrogen and oxygen atoms in total. The van der Waals surface area contributed by atoms with Crippen molar-refractivity contribution in [2.45, 2.75) is 39.3 Å². The van der Waals surface area contributed by atoms with E-state index in [9.17, 15) is 14.4 Å². The van der Waals surface area contributed by atoms with Crippen molar-refractivity contribution in [2.75, 3.05) is 19.6 Å². The number of hydrogen-bond acceptors (Lipinski definition) is 6. The molecule has 0 aromatic carbocycles. The zero-order chi connectivity index (χ0) is 22.8. The highest BCUT2D eigenvalue weighted by atomic mass is 16.6. The number of carbonyl (C=O) groups is 2. The SMILES string of the molecule is Cc1c(C(=O)N2C[C@@H]3CN(C(=O)OC(C)(C)C)[C@@H]3C2)cnn1-c1nn2cccc2c(=O)[nH]1. The fraction of sp³-hybridized carbons (Fsp3) is 0.476. The van der Waals surface area contributed by atoms with Crippen molar-refractivity contribution < 1.29 is 14.3 Å². The van der Waals surface area contributed by atoms with E-state index >= 15 is 0 Å². The molecule has 1 N–H and O–H groups in total. The van der Waals surface area contributed by atoms with E-state index in [0.29, 0.717) is 36.4 Å². The highest BCUT2D eigenvalue weighted by Gasteiger charge is 2.50. The summed E-state index contributed by atoms with van der Waals surface area (Å²) in [5, 5.41) is 8.66. The van der Waals surface area contributed by atoms with Gasteiger partial charge in [-0.2, -0.15) is 5.10 Å². The number of fused-ring (bicyclic) bond motifs is 2. The van der Waals surface area contributed by atoms with Gasteiger partial charge in [0, 0.05) is 31.7 Å². The van der Waals surface area contributed by atoms with Crippen molar-refractivity contribution in [3.05, 3.63) is 46.1 Å². The Balaban J connectivity index is 1.34. The Morgan fingerprint density at radius 2 is 2.00 bits per heavy atom. The molecule has 3 aromatic heterocycles. The Hall–Kier alpha value is -3.63. The molecule has 5 heterocycles. The van der Waals surface area contributed by atoms with Gasteiger partial charge >= 0.3 is 6.09 Å². The first-order valence-electron chi connectivity index (χ1n) is 10.5. The maximum Gasteiger partial charge on any atom is 0.410 e. The number of hydrogen-bond donors (Lipinski definition) is 1. The molecular formula is C21H25N7O4. The molecule has 2 aliphatic heterocycles. The summed E-state index contributed by atoms with van der Waals surface area (Å²) in [6, 6.07) is 3.37. The van der Waals surface area contributed by atoms with Crippen LogP contribution in [0, 0.1) is 12.8 Å². The summed E-state index contributed by atoms with van der Waals surface area (Å²) in [6.07, 6.45) is 2.83. The van der Waals surface area contributed by atoms with Crippen LogP contribution in [-0.2, 0) is 4.74 Å². The van der Waals surface area contributed by atoms with Gasteiger partial charge in [0.15, 0.2) is 0 Å². The van der Waals surface area contributed by atoms with Gasteiger partial charge in [-0.1, -0.05) is 0 Å². The van der Waals surface area contributed by atoms with Crippen LogP contribution in [0.15, 0.2) is 29.3 Å². The minimum absolute atomic E-state index is 0.0293. The maximum atomic E-state index is 13.2. The Bertz CT molecular complexity index is 1280. The molecule has 2 fully saturated rings. The lowest BCUT2D eigenvalue weighted by Crippen LogP contribution is -2.59. The number of carbonyl (C=O) groups excluding carboxylic acids is 2. The average molecular weight is 439 g/mol. The summed E-state index contributed by atoms with van der Waals surface area (Å²) >= 11 is 0. The lowest BCUT2D eigenvalue weighted by atomic mass is 9.93. The van der Waals surface area contributed by atoms with Gasteiger partial charge in [-0.25, -0.2) is 14.0 Å². The second-order valence-electron chi connectivity index (χ2n) is 9.34. The predicted octanol–water partition coefficient (Wildman–Crippen LogP) is 1.21. The van der Waals surface area contributed by atoms with Gasteiger partial charge in [-0.05, 0) is 39.8 Å². The Morgan fingerprint density at radius 3 is 2.75 bits per heavy atom. The second kappa shape index (κ2) is 6.94. The van der Waals surface area contributed by atoms with E-state index in [4.69, 9.17) is 4.74 Å². The summed E-state index contributed by atoms with van der Waals surface area (Å²) in [4.78, 5) is 44.0. The zero-order valence-electron chi connectivity index (χ0n) is 18.4. The Morgan fingerprint density at radius 1 is 1.22 bits per heavy atom. The van der Waals surface area contributed by atoms with Crippen LogP contribution in [0.2, 0.25) is 0 Å². The molecule has 2 aliphatic rings. The molecule has 3 aromatic rings. The van der Waals surface area contributed by atoms with Crippen molar-refractivity contribution in [3.8, 4) is 5.95 Å². The van der Waals surface area contributed by atoms with Crippen LogP contribution in [-0.4, -0.2) is 77.5 Å². The van der Waals surface area contributed by atoms with E-state index < -0.39 is 5.60 Å². The van der Waals surface area contributed by atoms with Crippen LogP contribution in [0.3, 0.4) is 0 Å². The molecule has 2 saturated heterocycles. The molecule has 32 heavy (non-hydrogen) atoms. The number of H-pyrrole nitrogens is 1. The lowest BCUT2D eigenvalue weighted by Gasteiger charge is -2.43. The highest BCUT2D eigenvalue weighted by Crippen LogP contribution is 2.34. The summed E-state index contributed by atoms with van der Waals surface area (Å²) in [7, 11) is 0. The third-order valence-corrected chi connectivity index (χ3v) is 5.98. The zero-order valence-corrected chi connectivity index (χ0v) is 18.4. The van der Waals surface area contributed by atoms with Crippen LogP contribution in [0.5, 0.6) is 0 Å². The average Bonchev–Trinajstić information content (AvgIpc) is 3.38. The third kappa shape index (κ3) is 3.24. The normalized spacial score (nSPS) is 20.4. The molecule has 2 atom stereocenters. The Labute approximate surface area is 183 Å². The smallest absolute Gasteiger partial charge is 0.410 e. The van der Waals surface area contributed by atoms with E-state index in [1.54, 1.807) is 35.1 Å². The topological polar surface area (TPSA) is 118 Å². The molecule has 0 unspecified atom stereocenters. The fourth-order valence-corrected chi connectivity index (χ4v) is 4.36. The molecule has 0 aliphatic carbocycles. The first-order chi connectivity index (χ1) is 15.1. The van der Waals surface area contributed by atoms with E-state index in [2.05, 4.69) is 15.2 Å². The third-order valence-electron chi connectivity index (χ3n) is 5.98. The minimum Gasteiger partial charge on any atom is -0.444 e. The second-order valence-corrected chi connectivity index (χ2v) is 9.34. The molecule has 5 rings (SSSR count). The van der Waals surface area contributed by atoms with Gasteiger partial charge in [0.05, 0.1) is 23.5 Å². The Kier molecular flexibility index (Phi) is 4.40. The van der Waals surface area contributed by atoms with Crippen molar-refractivity contribution in [1.29, 1.82) is 0 Å². The first kappa shape index (κ1) is 20.3. The van der Waals surface area contributed by atoms with Gasteiger partial charge < -0.3 is 14.5 Å². The number of rotatable bonds is 2. The molecule has 11 heteroatoms. The summed E-state index contributed by atoms with van der Waals surface area (Å²) < 4.78 is 8.39. The number of aromatic nitrogens is 5. The molecular weight excluding hydrogens is 414 g/mol. The van der Waals surface area contributed by atoms with Gasteiger partial charge in [0.25, 0.3) is 11.5 Å². The lowest BCUT2D eigenvalue weighted by molar-refractivity contribution is -0.0164. The van der Waals surface area contributed by atoms with E-state index in [-0.39, 0.29) is 35.5 Å². The van der Waals surface area contributed by atoms with E-state index in [1.165, 1.54) is 15.4 Å². The minimum atomic E-state index is -0.555. The summed E-state index contributed by atoms with van der Waals surface area (Å²) in [6.45, 7) is 8.90. The van der Waals surface area contributed by atoms with E-state index in [0.717, 1.165) is 0 Å². The van der Waals surface area contributed by atoms with Crippen molar-refractivity contribution >= 4 is 17.5 Å². The monoisotopic (exact) mass is 439 g/mol.